The van der Waals surface area contributed by atoms with Gasteiger partial charge in [0.25, 0.3) is 0 Å². The van der Waals surface area contributed by atoms with E-state index in [9.17, 15) is 0 Å². The first kappa shape index (κ1) is 11.0. The first-order chi connectivity index (χ1) is 4.63. The van der Waals surface area contributed by atoms with E-state index in [1.165, 1.54) is 22.3 Å². The predicted octanol–water partition coefficient (Wildman–Crippen LogP) is 2.76. The van der Waals surface area contributed by atoms with Crippen molar-refractivity contribution in [1.82, 2.24) is 0 Å². The Morgan fingerprint density at radius 1 is 0.818 bits per heavy atom. The maximum Gasteiger partial charge on any atom is 2.00 e. The minimum absolute atomic E-state index is 0. The van der Waals surface area contributed by atoms with Crippen LogP contribution in [0.3, 0.4) is 0 Å². The van der Waals surface area contributed by atoms with Gasteiger partial charge in [-0.15, -0.1) is 0 Å². The van der Waals surface area contributed by atoms with Crippen LogP contribution in [0.1, 0.15) is 25.1 Å². The van der Waals surface area contributed by atoms with Gasteiger partial charge in [-0.1, -0.05) is 12.1 Å². The fourth-order valence-corrected chi connectivity index (χ4v) is 1.09. The summed E-state index contributed by atoms with van der Waals surface area (Å²) in [5.74, 6) is 0. The van der Waals surface area contributed by atoms with Gasteiger partial charge in [0.05, 0.1) is 0 Å². The van der Waals surface area contributed by atoms with E-state index in [0.29, 0.717) is 0 Å². The van der Waals surface area contributed by atoms with Gasteiger partial charge in [0.1, 0.15) is 0 Å². The summed E-state index contributed by atoms with van der Waals surface area (Å²) in [7, 11) is 0. The Kier molecular flexibility index (Phi) is 4.12. The Hall–Kier alpha value is -0.0138. The summed E-state index contributed by atoms with van der Waals surface area (Å²) < 4.78 is 0. The van der Waals surface area contributed by atoms with E-state index in [-0.39, 0.29) is 25.9 Å². The van der Waals surface area contributed by atoms with Crippen LogP contribution < -0.4 is 0 Å². The van der Waals surface area contributed by atoms with Gasteiger partial charge < -0.3 is 2.85 Å². The fraction of sp³-hybridized carbons (Fsp3) is 0.400. The summed E-state index contributed by atoms with van der Waals surface area (Å²) >= 11 is 0. The van der Waals surface area contributed by atoms with E-state index in [1.54, 1.807) is 0 Å². The molecule has 0 unspecified atom stereocenters. The topological polar surface area (TPSA) is 0 Å². The van der Waals surface area contributed by atoms with Gasteiger partial charge >= 0.3 is 23.1 Å². The van der Waals surface area contributed by atoms with Crippen LogP contribution >= 0.6 is 0 Å². The molecular weight excluding hydrogens is 144 g/mol. The van der Waals surface area contributed by atoms with Gasteiger partial charge in [-0.05, 0) is 49.9 Å². The number of hydrogen-bond acceptors (Lipinski definition) is 0. The molecule has 0 spiro atoms. The van der Waals surface area contributed by atoms with E-state index in [1.807, 2.05) is 0 Å². The molecule has 11 heavy (non-hydrogen) atoms. The molecule has 0 aliphatic rings. The molecule has 1 rings (SSSR count). The average molecular weight is 161 g/mol. The maximum absolute atomic E-state index is 2.18. The van der Waals surface area contributed by atoms with E-state index in [0.717, 1.165) is 0 Å². The molecule has 0 aliphatic heterocycles. The minimum atomic E-state index is 0. The fourth-order valence-electron chi connectivity index (χ4n) is 1.09. The maximum atomic E-state index is 2.18. The zero-order valence-corrected chi connectivity index (χ0v) is 9.28. The third-order valence-electron chi connectivity index (χ3n) is 2.33. The molecule has 0 heterocycles. The van der Waals surface area contributed by atoms with Crippen molar-refractivity contribution >= 4 is 23.1 Å². The van der Waals surface area contributed by atoms with Gasteiger partial charge in [0.2, 0.25) is 0 Å². The smallest absolute Gasteiger partial charge is 1.00 e. The third-order valence-corrected chi connectivity index (χ3v) is 2.33. The van der Waals surface area contributed by atoms with Crippen LogP contribution in [-0.4, -0.2) is 23.1 Å². The van der Waals surface area contributed by atoms with E-state index in [4.69, 9.17) is 0 Å². The summed E-state index contributed by atoms with van der Waals surface area (Å²) in [6.45, 7) is 8.67. The molecule has 0 atom stereocenters. The van der Waals surface area contributed by atoms with Gasteiger partial charge in [-0.2, -0.15) is 0 Å². The summed E-state index contributed by atoms with van der Waals surface area (Å²) in [5.41, 5.74) is 5.64. The molecule has 0 N–H and O–H groups in total. The molecule has 0 nitrogen and oxygen atoms in total. The van der Waals surface area contributed by atoms with Crippen LogP contribution in [0.15, 0.2) is 12.1 Å². The minimum Gasteiger partial charge on any atom is -1.00 e. The number of hydrogen-bond donors (Lipinski definition) is 0. The molecule has 0 aliphatic carbocycles. The normalized spacial score (nSPS) is 9.09. The SMILES string of the molecule is Cc1ccc(C)c(C)c1C.[H-].[H-].[Mg+2]. The van der Waals surface area contributed by atoms with Crippen LogP contribution in [0.4, 0.5) is 0 Å². The number of benzene rings is 1. The van der Waals surface area contributed by atoms with Gasteiger partial charge in [-0.3, -0.25) is 0 Å². The van der Waals surface area contributed by atoms with Crippen LogP contribution in [0, 0.1) is 27.7 Å². The van der Waals surface area contributed by atoms with Crippen molar-refractivity contribution in [3.63, 3.8) is 0 Å². The Bertz CT molecular complexity index is 232. The van der Waals surface area contributed by atoms with Crippen molar-refractivity contribution in [1.29, 1.82) is 0 Å². The monoisotopic (exact) mass is 160 g/mol. The second-order valence-electron chi connectivity index (χ2n) is 2.95. The van der Waals surface area contributed by atoms with Gasteiger partial charge in [0.15, 0.2) is 0 Å². The second-order valence-corrected chi connectivity index (χ2v) is 2.95. The largest absolute Gasteiger partial charge is 2.00 e. The zero-order chi connectivity index (χ0) is 7.72. The van der Waals surface area contributed by atoms with Crippen LogP contribution in [-0.2, 0) is 0 Å². The van der Waals surface area contributed by atoms with Crippen molar-refractivity contribution in [2.75, 3.05) is 0 Å². The van der Waals surface area contributed by atoms with Crippen molar-refractivity contribution in [2.24, 2.45) is 0 Å². The molecule has 0 bridgehead atoms. The Morgan fingerprint density at radius 3 is 1.36 bits per heavy atom. The average Bonchev–Trinajstić information content (AvgIpc) is 1.93. The molecule has 0 aromatic heterocycles. The molecule has 0 saturated carbocycles. The summed E-state index contributed by atoms with van der Waals surface area (Å²) in [4.78, 5) is 0. The molecule has 0 fully saturated rings. The summed E-state index contributed by atoms with van der Waals surface area (Å²) in [6.07, 6.45) is 0. The Morgan fingerprint density at radius 2 is 1.09 bits per heavy atom. The molecule has 0 radical (unpaired) electrons. The molecule has 58 valence electrons. The predicted molar refractivity (Wildman–Crippen MR) is 53.4 cm³/mol. The molecule has 0 saturated heterocycles. The first-order valence-electron chi connectivity index (χ1n) is 3.66. The van der Waals surface area contributed by atoms with Crippen molar-refractivity contribution in [3.8, 4) is 0 Å². The number of rotatable bonds is 0. The van der Waals surface area contributed by atoms with Gasteiger partial charge in [-0.25, -0.2) is 0 Å². The van der Waals surface area contributed by atoms with Crippen LogP contribution in [0.25, 0.3) is 0 Å². The zero-order valence-electron chi connectivity index (χ0n) is 9.86. The van der Waals surface area contributed by atoms with Crippen molar-refractivity contribution in [3.05, 3.63) is 34.4 Å². The van der Waals surface area contributed by atoms with Crippen molar-refractivity contribution in [2.45, 2.75) is 27.7 Å². The second kappa shape index (κ2) is 4.12. The quantitative estimate of drug-likeness (QED) is 0.512. The van der Waals surface area contributed by atoms with Crippen molar-refractivity contribution < 1.29 is 2.85 Å². The van der Waals surface area contributed by atoms with E-state index < -0.39 is 0 Å². The van der Waals surface area contributed by atoms with Crippen LogP contribution in [0.5, 0.6) is 0 Å². The van der Waals surface area contributed by atoms with E-state index >= 15 is 0 Å². The van der Waals surface area contributed by atoms with Gasteiger partial charge in [0, 0.05) is 0 Å². The standard InChI is InChI=1S/C10H14.Mg.2H/c1-7-5-6-8(2)10(4)9(7)3;;;/h5-6H,1-4H3;;;/q;+2;2*-1. The number of aryl methyl sites for hydroxylation is 2. The molecule has 1 aromatic rings. The Balaban J connectivity index is -0.000000333. The molecular formula is C10H16Mg. The van der Waals surface area contributed by atoms with Crippen LogP contribution in [0.2, 0.25) is 0 Å². The first-order valence-corrected chi connectivity index (χ1v) is 3.66. The molecule has 0 amide bonds. The third kappa shape index (κ3) is 2.21. The molecule has 1 aromatic carbocycles. The summed E-state index contributed by atoms with van der Waals surface area (Å²) in [6, 6.07) is 4.36. The molecule has 1 heteroatoms. The summed E-state index contributed by atoms with van der Waals surface area (Å²) in [5, 5.41) is 0. The van der Waals surface area contributed by atoms with E-state index in [2.05, 4.69) is 39.8 Å². The Labute approximate surface area is 88.1 Å².